The molecular formula is C20H23N3O4. The zero-order valence-electron chi connectivity index (χ0n) is 15.3. The number of nitrogens with zero attached hydrogens (tertiary/aromatic N) is 1. The third kappa shape index (κ3) is 3.59. The van der Waals surface area contributed by atoms with Crippen LogP contribution in [0.25, 0.3) is 10.8 Å². The summed E-state index contributed by atoms with van der Waals surface area (Å²) in [5.74, 6) is -1.33. The molecule has 0 fully saturated rings. The number of amides is 1. The Morgan fingerprint density at radius 2 is 1.85 bits per heavy atom. The normalized spacial score (nSPS) is 12.4. The topological polar surface area (TPSA) is 107 Å². The molecule has 4 N–H and O–H groups in total. The van der Waals surface area contributed by atoms with Gasteiger partial charge in [-0.3, -0.25) is 14.6 Å². The van der Waals surface area contributed by atoms with Crippen molar-refractivity contribution in [2.24, 2.45) is 5.92 Å². The molecule has 2 aromatic carbocycles. The summed E-state index contributed by atoms with van der Waals surface area (Å²) in [7, 11) is 0. The van der Waals surface area contributed by atoms with Gasteiger partial charge in [0.05, 0.1) is 5.69 Å². The van der Waals surface area contributed by atoms with Crippen LogP contribution in [0.4, 0.5) is 0 Å². The van der Waals surface area contributed by atoms with Gasteiger partial charge in [-0.25, -0.2) is 10.3 Å². The molecule has 0 bridgehead atoms. The van der Waals surface area contributed by atoms with Crippen LogP contribution in [0.1, 0.15) is 31.1 Å². The van der Waals surface area contributed by atoms with Crippen molar-refractivity contribution in [1.82, 2.24) is 15.0 Å². The highest BCUT2D eigenvalue weighted by molar-refractivity contribution is 5.85. The first-order chi connectivity index (χ1) is 12.9. The summed E-state index contributed by atoms with van der Waals surface area (Å²) in [5, 5.41) is 21.7. The van der Waals surface area contributed by atoms with E-state index in [2.05, 4.69) is 4.98 Å². The van der Waals surface area contributed by atoms with E-state index < -0.39 is 17.6 Å². The quantitative estimate of drug-likeness (QED) is 0.395. The summed E-state index contributed by atoms with van der Waals surface area (Å²) in [6.45, 7) is 3.46. The number of rotatable bonds is 6. The molecule has 0 spiro atoms. The number of aryl methyl sites for hydroxylation is 2. The van der Waals surface area contributed by atoms with E-state index in [1.54, 1.807) is 19.3 Å². The number of nitrogens with one attached hydrogen (secondary N) is 2. The van der Waals surface area contributed by atoms with Gasteiger partial charge in [0, 0.05) is 0 Å². The van der Waals surface area contributed by atoms with Gasteiger partial charge >= 0.3 is 5.69 Å². The summed E-state index contributed by atoms with van der Waals surface area (Å²) < 4.78 is 0.995. The van der Waals surface area contributed by atoms with E-state index in [0.29, 0.717) is 18.5 Å². The standard InChI is InChI=1S/C20H23N3O4/c1-12(2)17(18(24)22-27)23-19(25)16(21-20(23)26)11-10-14-8-5-7-13-6-3-4-9-15(13)14/h3-9,12,17,25,27H,10-11H2,1-2H3,(H,21,26)(H,22,24)/t17-/m1/s1. The highest BCUT2D eigenvalue weighted by Gasteiger charge is 2.29. The second kappa shape index (κ2) is 7.67. The molecule has 3 rings (SSSR count). The lowest BCUT2D eigenvalue weighted by molar-refractivity contribution is -0.134. The molecule has 142 valence electrons. The number of fused-ring (bicyclic) bond motifs is 1. The smallest absolute Gasteiger partial charge is 0.329 e. The highest BCUT2D eigenvalue weighted by atomic mass is 16.5. The fourth-order valence-corrected chi connectivity index (χ4v) is 3.47. The molecule has 1 aromatic heterocycles. The van der Waals surface area contributed by atoms with Crippen molar-refractivity contribution >= 4 is 16.7 Å². The number of hydrogen-bond donors (Lipinski definition) is 4. The Kier molecular flexibility index (Phi) is 5.32. The van der Waals surface area contributed by atoms with E-state index in [-0.39, 0.29) is 11.8 Å². The number of aromatic nitrogens is 2. The third-order valence-electron chi connectivity index (χ3n) is 4.79. The second-order valence-electron chi connectivity index (χ2n) is 6.91. The molecule has 7 nitrogen and oxygen atoms in total. The number of benzene rings is 2. The van der Waals surface area contributed by atoms with E-state index >= 15 is 0 Å². The predicted octanol–water partition coefficient (Wildman–Crippen LogP) is 2.52. The van der Waals surface area contributed by atoms with E-state index in [9.17, 15) is 14.7 Å². The monoisotopic (exact) mass is 369 g/mol. The molecule has 1 atom stereocenters. The van der Waals surface area contributed by atoms with Crippen LogP contribution < -0.4 is 11.2 Å². The van der Waals surface area contributed by atoms with Crippen LogP contribution in [0.3, 0.4) is 0 Å². The predicted molar refractivity (Wildman–Crippen MR) is 102 cm³/mol. The zero-order chi connectivity index (χ0) is 19.6. The fraction of sp³-hybridized carbons (Fsp3) is 0.300. The Bertz CT molecular complexity index is 1010. The van der Waals surface area contributed by atoms with Crippen LogP contribution in [0.5, 0.6) is 5.88 Å². The summed E-state index contributed by atoms with van der Waals surface area (Å²) in [4.78, 5) is 26.9. The molecule has 1 amide bonds. The molecule has 0 saturated carbocycles. The average Bonchev–Trinajstić information content (AvgIpc) is 2.94. The molecular weight excluding hydrogens is 346 g/mol. The summed E-state index contributed by atoms with van der Waals surface area (Å²) in [6.07, 6.45) is 1.03. The van der Waals surface area contributed by atoms with Gasteiger partial charge in [-0.1, -0.05) is 56.3 Å². The number of aromatic amines is 1. The van der Waals surface area contributed by atoms with E-state index in [1.807, 2.05) is 42.5 Å². The zero-order valence-corrected chi connectivity index (χ0v) is 15.3. The Morgan fingerprint density at radius 3 is 2.56 bits per heavy atom. The van der Waals surface area contributed by atoms with Gasteiger partial charge in [0.25, 0.3) is 5.91 Å². The lowest BCUT2D eigenvalue weighted by atomic mass is 10.00. The van der Waals surface area contributed by atoms with Crippen molar-refractivity contribution in [3.05, 3.63) is 64.2 Å². The van der Waals surface area contributed by atoms with Crippen LogP contribution in [0, 0.1) is 5.92 Å². The van der Waals surface area contributed by atoms with Crippen LogP contribution in [-0.2, 0) is 17.6 Å². The molecule has 0 radical (unpaired) electrons. The first kappa shape index (κ1) is 18.7. The maximum absolute atomic E-state index is 12.3. The third-order valence-corrected chi connectivity index (χ3v) is 4.79. The van der Waals surface area contributed by atoms with E-state index in [4.69, 9.17) is 5.21 Å². The largest absolute Gasteiger partial charge is 0.493 e. The molecule has 7 heteroatoms. The first-order valence-electron chi connectivity index (χ1n) is 8.87. The number of carbonyl (C=O) groups is 1. The Balaban J connectivity index is 1.91. The minimum absolute atomic E-state index is 0.275. The minimum atomic E-state index is -1.01. The molecule has 0 unspecified atom stereocenters. The van der Waals surface area contributed by atoms with Crippen LogP contribution >= 0.6 is 0 Å². The summed E-state index contributed by atoms with van der Waals surface area (Å²) in [5.41, 5.74) is 2.45. The molecule has 0 aliphatic carbocycles. The Labute approximate surface area is 156 Å². The highest BCUT2D eigenvalue weighted by Crippen LogP contribution is 2.26. The van der Waals surface area contributed by atoms with Crippen molar-refractivity contribution in [1.29, 1.82) is 0 Å². The van der Waals surface area contributed by atoms with Crippen molar-refractivity contribution in [3.8, 4) is 5.88 Å². The van der Waals surface area contributed by atoms with Gasteiger partial charge in [-0.15, -0.1) is 0 Å². The Hall–Kier alpha value is -3.06. The first-order valence-corrected chi connectivity index (χ1v) is 8.87. The van der Waals surface area contributed by atoms with Gasteiger partial charge in [-0.05, 0) is 35.1 Å². The van der Waals surface area contributed by atoms with Crippen molar-refractivity contribution in [2.75, 3.05) is 0 Å². The molecule has 0 aliphatic rings. The van der Waals surface area contributed by atoms with E-state index in [1.165, 1.54) is 0 Å². The molecule has 27 heavy (non-hydrogen) atoms. The Morgan fingerprint density at radius 1 is 1.15 bits per heavy atom. The molecule has 3 aromatic rings. The van der Waals surface area contributed by atoms with Gasteiger partial charge in [0.1, 0.15) is 6.04 Å². The maximum atomic E-state index is 12.3. The number of carbonyl (C=O) groups excluding carboxylic acids is 1. The van der Waals surface area contributed by atoms with Gasteiger partial charge in [-0.2, -0.15) is 0 Å². The SMILES string of the molecule is CC(C)[C@H](C(=O)NO)n1c(O)c(CCc2cccc3ccccc23)[nH]c1=O. The van der Waals surface area contributed by atoms with Crippen molar-refractivity contribution in [2.45, 2.75) is 32.7 Å². The lowest BCUT2D eigenvalue weighted by Gasteiger charge is -2.19. The number of imidazole rings is 1. The van der Waals surface area contributed by atoms with Crippen LogP contribution in [0.15, 0.2) is 47.3 Å². The van der Waals surface area contributed by atoms with E-state index in [0.717, 1.165) is 20.9 Å². The lowest BCUT2D eigenvalue weighted by Crippen LogP contribution is -2.37. The van der Waals surface area contributed by atoms with Crippen LogP contribution in [0.2, 0.25) is 0 Å². The van der Waals surface area contributed by atoms with Gasteiger partial charge in [0.2, 0.25) is 5.88 Å². The van der Waals surface area contributed by atoms with Crippen LogP contribution in [-0.4, -0.2) is 25.8 Å². The second-order valence-corrected chi connectivity index (χ2v) is 6.91. The van der Waals surface area contributed by atoms with Crippen molar-refractivity contribution in [3.63, 3.8) is 0 Å². The number of aromatic hydroxyl groups is 1. The maximum Gasteiger partial charge on any atom is 0.329 e. The average molecular weight is 369 g/mol. The van der Waals surface area contributed by atoms with Crippen molar-refractivity contribution < 1.29 is 15.1 Å². The number of H-pyrrole nitrogens is 1. The molecule has 1 heterocycles. The molecule has 0 saturated heterocycles. The fourth-order valence-electron chi connectivity index (χ4n) is 3.47. The summed E-state index contributed by atoms with van der Waals surface area (Å²) >= 11 is 0. The minimum Gasteiger partial charge on any atom is -0.493 e. The van der Waals surface area contributed by atoms with Gasteiger partial charge < -0.3 is 10.1 Å². The number of hydrogen-bond acceptors (Lipinski definition) is 4. The molecule has 0 aliphatic heterocycles. The van der Waals surface area contributed by atoms with Gasteiger partial charge in [0.15, 0.2) is 0 Å². The number of hydroxylamine groups is 1. The summed E-state index contributed by atoms with van der Waals surface area (Å²) in [6, 6.07) is 13.1.